The standard InChI is InChI=1S/C29H39F3N2O3/c1-7-24-17-22(9-10-25(24)29(30,31)32)18-33-11-13-34(14-12-33)19-23-15-20(3)26(21(4)16-23)37-28(5,6)27(35)36-8-2/h9-10,15-17H,7-8,11-14,18-19H2,1-6H3. The Kier molecular flexibility index (Phi) is 9.29. The van der Waals surface area contributed by atoms with E-state index in [4.69, 9.17) is 9.47 Å². The summed E-state index contributed by atoms with van der Waals surface area (Å²) in [4.78, 5) is 16.9. The molecule has 0 bridgehead atoms. The molecule has 0 saturated carbocycles. The Hall–Kier alpha value is -2.58. The fourth-order valence-electron chi connectivity index (χ4n) is 4.83. The maximum absolute atomic E-state index is 13.2. The molecule has 2 aromatic carbocycles. The van der Waals surface area contributed by atoms with Crippen molar-refractivity contribution in [3.63, 3.8) is 0 Å². The first kappa shape index (κ1) is 29.0. The zero-order valence-corrected chi connectivity index (χ0v) is 22.8. The highest BCUT2D eigenvalue weighted by Crippen LogP contribution is 2.33. The molecular weight excluding hydrogens is 481 g/mol. The molecule has 37 heavy (non-hydrogen) atoms. The summed E-state index contributed by atoms with van der Waals surface area (Å²) in [7, 11) is 0. The maximum atomic E-state index is 13.2. The van der Waals surface area contributed by atoms with Gasteiger partial charge in [-0.15, -0.1) is 0 Å². The van der Waals surface area contributed by atoms with Gasteiger partial charge in [0.2, 0.25) is 0 Å². The molecule has 0 amide bonds. The molecule has 0 aliphatic carbocycles. The van der Waals surface area contributed by atoms with E-state index >= 15 is 0 Å². The minimum Gasteiger partial charge on any atom is -0.476 e. The summed E-state index contributed by atoms with van der Waals surface area (Å²) < 4.78 is 50.9. The van der Waals surface area contributed by atoms with Crippen molar-refractivity contribution in [1.29, 1.82) is 0 Å². The van der Waals surface area contributed by atoms with Gasteiger partial charge in [0.1, 0.15) is 5.75 Å². The average molecular weight is 521 g/mol. The lowest BCUT2D eigenvalue weighted by atomic mass is 10.0. The van der Waals surface area contributed by atoms with Crippen LogP contribution in [-0.2, 0) is 35.2 Å². The Labute approximate surface area is 218 Å². The van der Waals surface area contributed by atoms with E-state index in [1.807, 2.05) is 13.8 Å². The van der Waals surface area contributed by atoms with Gasteiger partial charge in [-0.1, -0.05) is 31.2 Å². The predicted molar refractivity (Wildman–Crippen MR) is 139 cm³/mol. The number of ether oxygens (including phenoxy) is 2. The number of benzene rings is 2. The van der Waals surface area contributed by atoms with Crippen molar-refractivity contribution < 1.29 is 27.4 Å². The van der Waals surface area contributed by atoms with Gasteiger partial charge in [0.15, 0.2) is 5.60 Å². The van der Waals surface area contributed by atoms with Gasteiger partial charge in [-0.05, 0) is 74.9 Å². The van der Waals surface area contributed by atoms with Crippen LogP contribution in [0.3, 0.4) is 0 Å². The highest BCUT2D eigenvalue weighted by atomic mass is 19.4. The van der Waals surface area contributed by atoms with Crippen molar-refractivity contribution in [3.05, 3.63) is 63.7 Å². The van der Waals surface area contributed by atoms with Crippen LogP contribution in [-0.4, -0.2) is 54.2 Å². The number of halogens is 3. The van der Waals surface area contributed by atoms with Gasteiger partial charge >= 0.3 is 12.1 Å². The third-order valence-electron chi connectivity index (χ3n) is 6.78. The van der Waals surface area contributed by atoms with Crippen LogP contribution in [0.4, 0.5) is 13.2 Å². The Balaban J connectivity index is 1.58. The van der Waals surface area contributed by atoms with Crippen LogP contribution in [0.15, 0.2) is 30.3 Å². The van der Waals surface area contributed by atoms with Crippen LogP contribution in [0.5, 0.6) is 5.75 Å². The smallest absolute Gasteiger partial charge is 0.416 e. The number of aryl methyl sites for hydroxylation is 3. The Morgan fingerprint density at radius 1 is 0.892 bits per heavy atom. The molecule has 1 aliphatic rings. The molecule has 0 aromatic heterocycles. The summed E-state index contributed by atoms with van der Waals surface area (Å²) in [6, 6.07) is 8.73. The normalized spacial score (nSPS) is 15.6. The number of rotatable bonds is 9. The molecule has 0 atom stereocenters. The van der Waals surface area contributed by atoms with Gasteiger partial charge in [-0.3, -0.25) is 9.80 Å². The quantitative estimate of drug-likeness (QED) is 0.384. The van der Waals surface area contributed by atoms with Gasteiger partial charge < -0.3 is 9.47 Å². The summed E-state index contributed by atoms with van der Waals surface area (Å²) in [6.45, 7) is 16.2. The number of alkyl halides is 3. The highest BCUT2D eigenvalue weighted by Gasteiger charge is 2.34. The summed E-state index contributed by atoms with van der Waals surface area (Å²) in [5, 5.41) is 0. The van der Waals surface area contributed by atoms with Crippen molar-refractivity contribution in [2.45, 2.75) is 72.8 Å². The van der Waals surface area contributed by atoms with Gasteiger partial charge in [-0.2, -0.15) is 13.2 Å². The molecular formula is C29H39F3N2O3. The zero-order chi connectivity index (χ0) is 27.4. The third-order valence-corrected chi connectivity index (χ3v) is 6.78. The van der Waals surface area contributed by atoms with Crippen LogP contribution >= 0.6 is 0 Å². The van der Waals surface area contributed by atoms with E-state index in [0.717, 1.165) is 49.4 Å². The van der Waals surface area contributed by atoms with Crippen molar-refractivity contribution in [2.24, 2.45) is 0 Å². The zero-order valence-electron chi connectivity index (χ0n) is 22.8. The molecule has 1 aliphatic heterocycles. The van der Waals surface area contributed by atoms with E-state index in [-0.39, 0.29) is 0 Å². The van der Waals surface area contributed by atoms with Crippen LogP contribution < -0.4 is 4.74 Å². The van der Waals surface area contributed by atoms with E-state index in [1.54, 1.807) is 39.8 Å². The van der Waals surface area contributed by atoms with Crippen LogP contribution in [0, 0.1) is 13.8 Å². The SMILES string of the molecule is CCOC(=O)C(C)(C)Oc1c(C)cc(CN2CCN(Cc3ccc(C(F)(F)F)c(CC)c3)CC2)cc1C. The number of carbonyl (C=O) groups excluding carboxylic acids is 1. The number of hydrogen-bond donors (Lipinski definition) is 0. The summed E-state index contributed by atoms with van der Waals surface area (Å²) in [5.41, 5.74) is 2.79. The fraction of sp³-hybridized carbons (Fsp3) is 0.552. The number of nitrogens with zero attached hydrogens (tertiary/aromatic N) is 2. The lowest BCUT2D eigenvalue weighted by molar-refractivity contribution is -0.158. The van der Waals surface area contributed by atoms with Gasteiger partial charge in [-0.25, -0.2) is 4.79 Å². The van der Waals surface area contributed by atoms with Crippen molar-refractivity contribution in [3.8, 4) is 5.75 Å². The first-order valence-corrected chi connectivity index (χ1v) is 12.9. The molecule has 3 rings (SSSR count). The van der Waals surface area contributed by atoms with Crippen molar-refractivity contribution >= 4 is 5.97 Å². The maximum Gasteiger partial charge on any atom is 0.416 e. The van der Waals surface area contributed by atoms with Gasteiger partial charge in [0.05, 0.1) is 12.2 Å². The lowest BCUT2D eigenvalue weighted by Crippen LogP contribution is -2.45. The lowest BCUT2D eigenvalue weighted by Gasteiger charge is -2.35. The number of piperazine rings is 1. The molecule has 8 heteroatoms. The predicted octanol–water partition coefficient (Wildman–Crippen LogP) is 5.92. The molecule has 0 radical (unpaired) electrons. The molecule has 0 unspecified atom stereocenters. The summed E-state index contributed by atoms with van der Waals surface area (Å²) in [5.74, 6) is 0.313. The molecule has 1 saturated heterocycles. The van der Waals surface area contributed by atoms with Crippen LogP contribution in [0.1, 0.15) is 61.1 Å². The van der Waals surface area contributed by atoms with Crippen molar-refractivity contribution in [2.75, 3.05) is 32.8 Å². The molecule has 5 nitrogen and oxygen atoms in total. The second-order valence-electron chi connectivity index (χ2n) is 10.3. The fourth-order valence-corrected chi connectivity index (χ4v) is 4.83. The third kappa shape index (κ3) is 7.48. The molecule has 2 aromatic rings. The van der Waals surface area contributed by atoms with Gasteiger partial charge in [0.25, 0.3) is 0 Å². The van der Waals surface area contributed by atoms with E-state index in [1.165, 1.54) is 11.6 Å². The number of carbonyl (C=O) groups is 1. The summed E-state index contributed by atoms with van der Waals surface area (Å²) >= 11 is 0. The van der Waals surface area contributed by atoms with E-state index in [0.29, 0.717) is 30.9 Å². The average Bonchev–Trinajstić information content (AvgIpc) is 2.82. The van der Waals surface area contributed by atoms with E-state index in [2.05, 4.69) is 21.9 Å². The minimum absolute atomic E-state index is 0.305. The first-order chi connectivity index (χ1) is 17.3. The van der Waals surface area contributed by atoms with Gasteiger partial charge in [0, 0.05) is 39.3 Å². The molecule has 1 fully saturated rings. The topological polar surface area (TPSA) is 42.0 Å². The largest absolute Gasteiger partial charge is 0.476 e. The Bertz CT molecular complexity index is 1070. The monoisotopic (exact) mass is 520 g/mol. The molecule has 204 valence electrons. The molecule has 0 spiro atoms. The first-order valence-electron chi connectivity index (χ1n) is 12.9. The summed E-state index contributed by atoms with van der Waals surface area (Å²) in [6.07, 6.45) is -3.95. The Morgan fingerprint density at radius 2 is 1.43 bits per heavy atom. The highest BCUT2D eigenvalue weighted by molar-refractivity contribution is 5.79. The Morgan fingerprint density at radius 3 is 1.92 bits per heavy atom. The minimum atomic E-state index is -4.31. The number of hydrogen-bond acceptors (Lipinski definition) is 5. The van der Waals surface area contributed by atoms with Crippen LogP contribution in [0.2, 0.25) is 0 Å². The number of esters is 1. The molecule has 1 heterocycles. The second kappa shape index (κ2) is 11.9. The van der Waals surface area contributed by atoms with Crippen molar-refractivity contribution in [1.82, 2.24) is 9.80 Å². The van der Waals surface area contributed by atoms with E-state index in [9.17, 15) is 18.0 Å². The van der Waals surface area contributed by atoms with Crippen LogP contribution in [0.25, 0.3) is 0 Å². The second-order valence-corrected chi connectivity index (χ2v) is 10.3. The van der Waals surface area contributed by atoms with E-state index < -0.39 is 23.3 Å². The molecule has 0 N–H and O–H groups in total.